The predicted octanol–water partition coefficient (Wildman–Crippen LogP) is -1.31. The Labute approximate surface area is 118 Å². The molecule has 0 aromatic carbocycles. The molecule has 0 radical (unpaired) electrons. The first-order chi connectivity index (χ1) is 10.2. The molecular weight excluding hydrogens is 278 g/mol. The van der Waals surface area contributed by atoms with E-state index >= 15 is 0 Å². The van der Waals surface area contributed by atoms with Crippen LogP contribution in [0.2, 0.25) is 0 Å². The zero-order valence-corrected chi connectivity index (χ0v) is 10.8. The average molecular weight is 291 g/mol. The standard InChI is InChI=1S/C12H13N5O4/c18-3-6-8(19)9(20)12(21-6)17-5-14-7-10-13-1-2-16(10)4-15-11(7)17/h1-2,4-6,8-9,12,18-20H,3H2/t6-,8-,9+,12-/m1/s1. The molecule has 110 valence electrons. The minimum Gasteiger partial charge on any atom is -0.394 e. The summed E-state index contributed by atoms with van der Waals surface area (Å²) in [5.74, 6) is 0. The van der Waals surface area contributed by atoms with Crippen molar-refractivity contribution in [2.75, 3.05) is 6.61 Å². The number of aliphatic hydroxyl groups excluding tert-OH is 3. The molecule has 3 aromatic rings. The Hall–Kier alpha value is -2.07. The van der Waals surface area contributed by atoms with Crippen LogP contribution >= 0.6 is 0 Å². The second kappa shape index (κ2) is 4.46. The molecule has 0 saturated carbocycles. The lowest BCUT2D eigenvalue weighted by atomic mass is 10.1. The summed E-state index contributed by atoms with van der Waals surface area (Å²) < 4.78 is 8.76. The van der Waals surface area contributed by atoms with Gasteiger partial charge in [0.05, 0.1) is 12.9 Å². The van der Waals surface area contributed by atoms with E-state index < -0.39 is 24.5 Å². The van der Waals surface area contributed by atoms with Crippen molar-refractivity contribution in [3.8, 4) is 0 Å². The van der Waals surface area contributed by atoms with E-state index in [1.54, 1.807) is 23.1 Å². The van der Waals surface area contributed by atoms with Gasteiger partial charge in [-0.05, 0) is 0 Å². The Bertz CT molecular complexity index is 799. The molecule has 3 aromatic heterocycles. The smallest absolute Gasteiger partial charge is 0.167 e. The number of ether oxygens (including phenoxy) is 1. The highest BCUT2D eigenvalue weighted by Crippen LogP contribution is 2.31. The van der Waals surface area contributed by atoms with Gasteiger partial charge >= 0.3 is 0 Å². The van der Waals surface area contributed by atoms with E-state index in [0.717, 1.165) is 0 Å². The lowest BCUT2D eigenvalue weighted by molar-refractivity contribution is -0.0511. The third kappa shape index (κ3) is 1.69. The van der Waals surface area contributed by atoms with Crippen LogP contribution in [0.1, 0.15) is 6.23 Å². The number of nitrogens with zero attached hydrogens (tertiary/aromatic N) is 5. The lowest BCUT2D eigenvalue weighted by Crippen LogP contribution is -2.33. The van der Waals surface area contributed by atoms with Gasteiger partial charge in [-0.2, -0.15) is 0 Å². The van der Waals surface area contributed by atoms with Crippen LogP contribution in [0.4, 0.5) is 0 Å². The van der Waals surface area contributed by atoms with Crippen molar-refractivity contribution in [2.24, 2.45) is 0 Å². The monoisotopic (exact) mass is 291 g/mol. The van der Waals surface area contributed by atoms with E-state index in [1.807, 2.05) is 0 Å². The summed E-state index contributed by atoms with van der Waals surface area (Å²) in [5.41, 5.74) is 1.70. The van der Waals surface area contributed by atoms with Crippen LogP contribution in [-0.4, -0.2) is 64.2 Å². The van der Waals surface area contributed by atoms with Gasteiger partial charge in [0.15, 0.2) is 23.0 Å². The van der Waals surface area contributed by atoms with Crippen molar-refractivity contribution in [1.82, 2.24) is 23.9 Å². The Morgan fingerprint density at radius 1 is 1.10 bits per heavy atom. The summed E-state index contributed by atoms with van der Waals surface area (Å²) in [5, 5.41) is 29.1. The minimum atomic E-state index is -1.17. The number of imidazole rings is 2. The normalized spacial score (nSPS) is 29.7. The van der Waals surface area contributed by atoms with Crippen molar-refractivity contribution in [3.63, 3.8) is 0 Å². The fraction of sp³-hybridized carbons (Fsp3) is 0.417. The van der Waals surface area contributed by atoms with E-state index in [-0.39, 0.29) is 6.61 Å². The SMILES string of the molecule is OC[C@H]1O[C@@H](n2cnc3c2ncn2ccnc32)[C@@H](O)[C@@H]1O. The summed E-state index contributed by atoms with van der Waals surface area (Å²) in [6, 6.07) is 0. The van der Waals surface area contributed by atoms with Gasteiger partial charge in [0.1, 0.15) is 24.6 Å². The molecule has 0 spiro atoms. The number of fused-ring (bicyclic) bond motifs is 3. The van der Waals surface area contributed by atoms with Gasteiger partial charge in [-0.15, -0.1) is 0 Å². The van der Waals surface area contributed by atoms with Crippen molar-refractivity contribution < 1.29 is 20.1 Å². The lowest BCUT2D eigenvalue weighted by Gasteiger charge is -2.16. The third-order valence-corrected chi connectivity index (χ3v) is 3.74. The maximum atomic E-state index is 10.1. The van der Waals surface area contributed by atoms with E-state index in [1.165, 1.54) is 10.9 Å². The second-order valence-electron chi connectivity index (χ2n) is 4.96. The quantitative estimate of drug-likeness (QED) is 0.536. The highest BCUT2D eigenvalue weighted by atomic mass is 16.6. The van der Waals surface area contributed by atoms with Crippen LogP contribution in [0.3, 0.4) is 0 Å². The van der Waals surface area contributed by atoms with Crippen molar-refractivity contribution in [2.45, 2.75) is 24.5 Å². The first-order valence-electron chi connectivity index (χ1n) is 6.47. The van der Waals surface area contributed by atoms with Gasteiger partial charge < -0.3 is 20.1 Å². The van der Waals surface area contributed by atoms with E-state index in [0.29, 0.717) is 16.8 Å². The summed E-state index contributed by atoms with van der Waals surface area (Å²) in [6.07, 6.45) is 2.45. The number of rotatable bonds is 2. The van der Waals surface area contributed by atoms with Gasteiger partial charge in [0.2, 0.25) is 0 Å². The number of aliphatic hydroxyl groups is 3. The van der Waals surface area contributed by atoms with Gasteiger partial charge in [0.25, 0.3) is 0 Å². The first-order valence-corrected chi connectivity index (χ1v) is 6.47. The summed E-state index contributed by atoms with van der Waals surface area (Å²) in [6.45, 7) is -0.376. The fourth-order valence-corrected chi connectivity index (χ4v) is 2.64. The Balaban J connectivity index is 1.84. The zero-order valence-electron chi connectivity index (χ0n) is 10.8. The molecule has 4 atom stereocenters. The van der Waals surface area contributed by atoms with Crippen molar-refractivity contribution >= 4 is 16.8 Å². The van der Waals surface area contributed by atoms with Crippen LogP contribution < -0.4 is 0 Å². The van der Waals surface area contributed by atoms with Crippen LogP contribution in [0.15, 0.2) is 25.0 Å². The van der Waals surface area contributed by atoms with Crippen LogP contribution in [-0.2, 0) is 4.74 Å². The summed E-state index contributed by atoms with van der Waals surface area (Å²) >= 11 is 0. The first kappa shape index (κ1) is 12.7. The highest BCUT2D eigenvalue weighted by molar-refractivity contribution is 5.85. The molecule has 4 rings (SSSR count). The van der Waals surface area contributed by atoms with Gasteiger partial charge in [-0.1, -0.05) is 0 Å². The average Bonchev–Trinajstić information content (AvgIpc) is 3.17. The third-order valence-electron chi connectivity index (χ3n) is 3.74. The van der Waals surface area contributed by atoms with Gasteiger partial charge in [-0.3, -0.25) is 8.97 Å². The molecule has 1 fully saturated rings. The van der Waals surface area contributed by atoms with E-state index in [4.69, 9.17) is 9.84 Å². The molecule has 0 amide bonds. The molecular formula is C12H13N5O4. The second-order valence-corrected chi connectivity index (χ2v) is 4.96. The molecule has 4 heterocycles. The summed E-state index contributed by atoms with van der Waals surface area (Å²) in [4.78, 5) is 12.7. The Kier molecular flexibility index (Phi) is 2.69. The molecule has 1 aliphatic heterocycles. The van der Waals surface area contributed by atoms with Gasteiger partial charge in [-0.25, -0.2) is 15.0 Å². The fourth-order valence-electron chi connectivity index (χ4n) is 2.64. The largest absolute Gasteiger partial charge is 0.394 e. The molecule has 0 aliphatic carbocycles. The molecule has 1 aliphatic rings. The summed E-state index contributed by atoms with van der Waals surface area (Å²) in [7, 11) is 0. The van der Waals surface area contributed by atoms with Crippen molar-refractivity contribution in [3.05, 3.63) is 25.0 Å². The molecule has 3 N–H and O–H groups in total. The van der Waals surface area contributed by atoms with Crippen LogP contribution in [0, 0.1) is 0 Å². The molecule has 9 heteroatoms. The van der Waals surface area contributed by atoms with Crippen molar-refractivity contribution in [1.29, 1.82) is 0 Å². The molecule has 0 bridgehead atoms. The molecule has 0 unspecified atom stereocenters. The number of hydrogen-bond acceptors (Lipinski definition) is 7. The van der Waals surface area contributed by atoms with Gasteiger partial charge in [0, 0.05) is 12.4 Å². The number of hydrogen-bond donors (Lipinski definition) is 3. The Morgan fingerprint density at radius 2 is 1.95 bits per heavy atom. The maximum Gasteiger partial charge on any atom is 0.167 e. The zero-order chi connectivity index (χ0) is 14.6. The topological polar surface area (TPSA) is 118 Å². The van der Waals surface area contributed by atoms with E-state index in [2.05, 4.69) is 15.0 Å². The predicted molar refractivity (Wildman–Crippen MR) is 69.3 cm³/mol. The molecule has 9 nitrogen and oxygen atoms in total. The highest BCUT2D eigenvalue weighted by Gasteiger charge is 2.43. The molecule has 1 saturated heterocycles. The maximum absolute atomic E-state index is 10.1. The van der Waals surface area contributed by atoms with Crippen LogP contribution in [0.5, 0.6) is 0 Å². The van der Waals surface area contributed by atoms with E-state index in [9.17, 15) is 10.2 Å². The Morgan fingerprint density at radius 3 is 2.71 bits per heavy atom. The minimum absolute atomic E-state index is 0.376. The number of aromatic nitrogens is 5. The molecule has 21 heavy (non-hydrogen) atoms. The van der Waals surface area contributed by atoms with Crippen LogP contribution in [0.25, 0.3) is 16.8 Å².